The molecule has 1 atom stereocenters. The average molecular weight is 223 g/mol. The molecule has 0 amide bonds. The highest BCUT2D eigenvalue weighted by molar-refractivity contribution is 5.16. The lowest BCUT2D eigenvalue weighted by atomic mass is 10.1. The largest absolute Gasteiger partial charge is 0.375 e. The second-order valence-electron chi connectivity index (χ2n) is 4.25. The normalized spacial score (nSPS) is 20.9. The van der Waals surface area contributed by atoms with E-state index in [4.69, 9.17) is 4.74 Å². The first-order valence-corrected chi connectivity index (χ1v) is 5.91. The Labute approximate surface area is 95.8 Å². The molecule has 1 unspecified atom stereocenters. The Morgan fingerprint density at radius 2 is 2.19 bits per heavy atom. The van der Waals surface area contributed by atoms with Crippen LogP contribution in [0.2, 0.25) is 0 Å². The van der Waals surface area contributed by atoms with E-state index in [0.29, 0.717) is 24.8 Å². The molecule has 0 radical (unpaired) electrons. The fourth-order valence-corrected chi connectivity index (χ4v) is 1.99. The van der Waals surface area contributed by atoms with Crippen LogP contribution in [0.1, 0.15) is 24.8 Å². The average Bonchev–Trinajstić information content (AvgIpc) is 2.33. The molecule has 0 saturated carbocycles. The molecule has 1 heterocycles. The molecule has 0 aliphatic carbocycles. The zero-order valence-corrected chi connectivity index (χ0v) is 9.42. The van der Waals surface area contributed by atoms with Crippen molar-refractivity contribution >= 4 is 0 Å². The second kappa shape index (κ2) is 5.97. The van der Waals surface area contributed by atoms with Gasteiger partial charge in [0.1, 0.15) is 5.82 Å². The number of rotatable bonds is 4. The van der Waals surface area contributed by atoms with Crippen molar-refractivity contribution in [3.8, 4) is 0 Å². The molecule has 2 nitrogen and oxygen atoms in total. The lowest BCUT2D eigenvalue weighted by molar-refractivity contribution is 0.0893. The highest BCUT2D eigenvalue weighted by Gasteiger charge is 2.12. The maximum Gasteiger partial charge on any atom is 0.128 e. The quantitative estimate of drug-likeness (QED) is 0.846. The van der Waals surface area contributed by atoms with Gasteiger partial charge in [-0.1, -0.05) is 24.6 Å². The van der Waals surface area contributed by atoms with Gasteiger partial charge in [0.15, 0.2) is 0 Å². The number of hydrogen-bond donors (Lipinski definition) is 1. The predicted molar refractivity (Wildman–Crippen MR) is 61.7 cm³/mol. The third-order valence-corrected chi connectivity index (χ3v) is 2.95. The van der Waals surface area contributed by atoms with Crippen LogP contribution in [0.3, 0.4) is 0 Å². The lowest BCUT2D eigenvalue weighted by Gasteiger charge is -2.23. The predicted octanol–water partition coefficient (Wildman–Crippen LogP) is 2.48. The number of benzene rings is 1. The van der Waals surface area contributed by atoms with Crippen LogP contribution >= 0.6 is 0 Å². The summed E-state index contributed by atoms with van der Waals surface area (Å²) in [5.41, 5.74) is 0.637. The van der Waals surface area contributed by atoms with Crippen molar-refractivity contribution in [2.24, 2.45) is 0 Å². The fourth-order valence-electron chi connectivity index (χ4n) is 1.99. The van der Waals surface area contributed by atoms with Crippen molar-refractivity contribution in [2.45, 2.75) is 31.9 Å². The molecule has 1 aromatic carbocycles. The van der Waals surface area contributed by atoms with E-state index in [2.05, 4.69) is 5.32 Å². The smallest absolute Gasteiger partial charge is 0.128 e. The van der Waals surface area contributed by atoms with Gasteiger partial charge < -0.3 is 10.1 Å². The van der Waals surface area contributed by atoms with Crippen LogP contribution in [0.5, 0.6) is 0 Å². The third kappa shape index (κ3) is 3.29. The molecular weight excluding hydrogens is 205 g/mol. The Kier molecular flexibility index (Phi) is 4.31. The van der Waals surface area contributed by atoms with Crippen molar-refractivity contribution in [3.05, 3.63) is 35.6 Å². The summed E-state index contributed by atoms with van der Waals surface area (Å²) in [6, 6.07) is 7.21. The SMILES string of the molecule is Fc1ccccc1COCC1CCCCN1. The first-order chi connectivity index (χ1) is 7.86. The highest BCUT2D eigenvalue weighted by atomic mass is 19.1. The van der Waals surface area contributed by atoms with Gasteiger partial charge in [-0.3, -0.25) is 0 Å². The van der Waals surface area contributed by atoms with E-state index in [1.165, 1.54) is 18.9 Å². The number of piperidine rings is 1. The molecule has 16 heavy (non-hydrogen) atoms. The van der Waals surface area contributed by atoms with Crippen molar-refractivity contribution in [2.75, 3.05) is 13.2 Å². The first-order valence-electron chi connectivity index (χ1n) is 5.91. The Morgan fingerprint density at radius 1 is 1.31 bits per heavy atom. The Hall–Kier alpha value is -0.930. The van der Waals surface area contributed by atoms with Crippen LogP contribution in [-0.4, -0.2) is 19.2 Å². The molecule has 2 rings (SSSR count). The van der Waals surface area contributed by atoms with Crippen LogP contribution in [0, 0.1) is 5.82 Å². The van der Waals surface area contributed by atoms with Gasteiger partial charge in [-0.25, -0.2) is 4.39 Å². The van der Waals surface area contributed by atoms with E-state index < -0.39 is 0 Å². The van der Waals surface area contributed by atoms with Crippen LogP contribution in [0.25, 0.3) is 0 Å². The Morgan fingerprint density at radius 3 is 2.94 bits per heavy atom. The molecule has 1 aromatic rings. The Bertz CT molecular complexity index is 323. The minimum atomic E-state index is -0.181. The Balaban J connectivity index is 1.73. The molecule has 0 aromatic heterocycles. The zero-order chi connectivity index (χ0) is 11.2. The number of nitrogens with one attached hydrogen (secondary N) is 1. The highest BCUT2D eigenvalue weighted by Crippen LogP contribution is 2.10. The van der Waals surface area contributed by atoms with Gasteiger partial charge in [0, 0.05) is 11.6 Å². The lowest BCUT2D eigenvalue weighted by Crippen LogP contribution is -2.37. The molecular formula is C13H18FNO. The molecule has 1 aliphatic rings. The summed E-state index contributed by atoms with van der Waals surface area (Å²) in [6.07, 6.45) is 3.68. The molecule has 3 heteroatoms. The number of hydrogen-bond acceptors (Lipinski definition) is 2. The summed E-state index contributed by atoms with van der Waals surface area (Å²) >= 11 is 0. The monoisotopic (exact) mass is 223 g/mol. The molecule has 0 spiro atoms. The maximum atomic E-state index is 13.3. The molecule has 0 bridgehead atoms. The van der Waals surface area contributed by atoms with Crippen LogP contribution < -0.4 is 5.32 Å². The maximum absolute atomic E-state index is 13.3. The summed E-state index contributed by atoms with van der Waals surface area (Å²) in [5, 5.41) is 3.40. The van der Waals surface area contributed by atoms with E-state index in [1.54, 1.807) is 12.1 Å². The summed E-state index contributed by atoms with van der Waals surface area (Å²) in [5.74, 6) is -0.181. The van der Waals surface area contributed by atoms with Gasteiger partial charge in [-0.05, 0) is 25.5 Å². The fraction of sp³-hybridized carbons (Fsp3) is 0.538. The number of ether oxygens (including phenoxy) is 1. The third-order valence-electron chi connectivity index (χ3n) is 2.95. The minimum absolute atomic E-state index is 0.181. The van der Waals surface area contributed by atoms with E-state index in [-0.39, 0.29) is 5.82 Å². The van der Waals surface area contributed by atoms with E-state index in [1.807, 2.05) is 6.07 Å². The van der Waals surface area contributed by atoms with E-state index in [0.717, 1.165) is 13.0 Å². The molecule has 1 saturated heterocycles. The van der Waals surface area contributed by atoms with Crippen LogP contribution in [0.4, 0.5) is 4.39 Å². The van der Waals surface area contributed by atoms with Crippen molar-refractivity contribution in [1.29, 1.82) is 0 Å². The second-order valence-corrected chi connectivity index (χ2v) is 4.25. The number of halogens is 1. The van der Waals surface area contributed by atoms with Gasteiger partial charge >= 0.3 is 0 Å². The minimum Gasteiger partial charge on any atom is -0.375 e. The van der Waals surface area contributed by atoms with Gasteiger partial charge in [-0.2, -0.15) is 0 Å². The zero-order valence-electron chi connectivity index (χ0n) is 9.42. The van der Waals surface area contributed by atoms with Gasteiger partial charge in [0.05, 0.1) is 13.2 Å². The van der Waals surface area contributed by atoms with Crippen LogP contribution in [0.15, 0.2) is 24.3 Å². The molecule has 1 N–H and O–H groups in total. The summed E-state index contributed by atoms with van der Waals surface area (Å²) in [7, 11) is 0. The topological polar surface area (TPSA) is 21.3 Å². The molecule has 1 aliphatic heterocycles. The standard InChI is InChI=1S/C13H18FNO/c14-13-7-2-1-5-11(13)9-16-10-12-6-3-4-8-15-12/h1-2,5,7,12,15H,3-4,6,8-10H2. The van der Waals surface area contributed by atoms with Gasteiger partial charge in [0.25, 0.3) is 0 Å². The van der Waals surface area contributed by atoms with Crippen molar-refractivity contribution in [3.63, 3.8) is 0 Å². The first kappa shape index (κ1) is 11.6. The van der Waals surface area contributed by atoms with Gasteiger partial charge in [-0.15, -0.1) is 0 Å². The van der Waals surface area contributed by atoms with Gasteiger partial charge in [0.2, 0.25) is 0 Å². The molecule has 88 valence electrons. The van der Waals surface area contributed by atoms with E-state index >= 15 is 0 Å². The van der Waals surface area contributed by atoms with Crippen LogP contribution in [-0.2, 0) is 11.3 Å². The van der Waals surface area contributed by atoms with Crippen molar-refractivity contribution < 1.29 is 9.13 Å². The summed E-state index contributed by atoms with van der Waals surface area (Å²) in [6.45, 7) is 2.12. The molecule has 1 fully saturated rings. The summed E-state index contributed by atoms with van der Waals surface area (Å²) in [4.78, 5) is 0. The van der Waals surface area contributed by atoms with Crippen molar-refractivity contribution in [1.82, 2.24) is 5.32 Å². The van der Waals surface area contributed by atoms with E-state index in [9.17, 15) is 4.39 Å². The summed E-state index contributed by atoms with van der Waals surface area (Å²) < 4.78 is 18.8.